The van der Waals surface area contributed by atoms with Crippen molar-refractivity contribution in [2.24, 2.45) is 0 Å². The van der Waals surface area contributed by atoms with E-state index in [0.29, 0.717) is 0 Å². The molecule has 0 fully saturated rings. The van der Waals surface area contributed by atoms with Crippen LogP contribution in [0.1, 0.15) is 20.3 Å². The van der Waals surface area contributed by atoms with E-state index in [1.54, 1.807) is 13.4 Å². The summed E-state index contributed by atoms with van der Waals surface area (Å²) in [4.78, 5) is 2.38. The molecule has 0 unspecified atom stereocenters. The molecule has 1 heterocycles. The zero-order chi connectivity index (χ0) is 17.5. The van der Waals surface area contributed by atoms with Crippen LogP contribution in [0.5, 0.6) is 0 Å². The molecule has 0 atom stereocenters. The highest BCUT2D eigenvalue weighted by Crippen LogP contribution is 2.03. The van der Waals surface area contributed by atoms with Crippen LogP contribution in [-0.2, 0) is 8.92 Å². The van der Waals surface area contributed by atoms with Gasteiger partial charge in [0.25, 0.3) is 0 Å². The van der Waals surface area contributed by atoms with Gasteiger partial charge in [0.1, 0.15) is 24.3 Å². The number of hydrogen-bond donors (Lipinski definition) is 2. The number of nitrogens with one attached hydrogen (secondary N) is 2. The highest BCUT2D eigenvalue weighted by Gasteiger charge is 2.01. The van der Waals surface area contributed by atoms with Gasteiger partial charge < -0.3 is 19.0 Å². The lowest BCUT2D eigenvalue weighted by Gasteiger charge is -2.19. The highest BCUT2D eigenvalue weighted by molar-refractivity contribution is 7.92. The molecule has 0 bridgehead atoms. The standard InChI is InChI=1S/C18H29N3O2S/c1-4-9-17(20-24-22-3)10-8-13-21(5-2)14-12-19-16-18-11-6-7-15-23-18/h6,8-11,15,19-20H,4-5,12-14,16H2,1-3H3/b10-8-,17-9+. The van der Waals surface area contributed by atoms with E-state index in [1.807, 2.05) is 12.2 Å². The third-order valence-corrected chi connectivity index (χ3v) is 3.81. The van der Waals surface area contributed by atoms with Gasteiger partial charge in [0.2, 0.25) is 0 Å². The lowest BCUT2D eigenvalue weighted by molar-refractivity contribution is 0.305. The van der Waals surface area contributed by atoms with Crippen LogP contribution in [0.15, 0.2) is 53.8 Å². The van der Waals surface area contributed by atoms with Crippen LogP contribution in [-0.4, -0.2) is 44.7 Å². The molecule has 0 aliphatic carbocycles. The first-order valence-electron chi connectivity index (χ1n) is 8.32. The Labute approximate surface area is 150 Å². The van der Waals surface area contributed by atoms with Crippen molar-refractivity contribution in [3.05, 3.63) is 53.8 Å². The molecule has 0 spiro atoms. The summed E-state index contributed by atoms with van der Waals surface area (Å²) in [6, 6.07) is 0. The Morgan fingerprint density at radius 3 is 3.00 bits per heavy atom. The lowest BCUT2D eigenvalue weighted by atomic mass is 10.3. The van der Waals surface area contributed by atoms with Crippen LogP contribution < -0.4 is 10.0 Å². The van der Waals surface area contributed by atoms with E-state index in [4.69, 9.17) is 8.92 Å². The average molecular weight is 352 g/mol. The highest BCUT2D eigenvalue weighted by atomic mass is 32.2. The second-order valence-electron chi connectivity index (χ2n) is 5.09. The zero-order valence-corrected chi connectivity index (χ0v) is 15.7. The van der Waals surface area contributed by atoms with Crippen molar-refractivity contribution in [1.29, 1.82) is 0 Å². The quantitative estimate of drug-likeness (QED) is 0.175. The van der Waals surface area contributed by atoms with Gasteiger partial charge in [0, 0.05) is 25.3 Å². The van der Waals surface area contributed by atoms with E-state index >= 15 is 0 Å². The van der Waals surface area contributed by atoms with Crippen molar-refractivity contribution in [3.63, 3.8) is 0 Å². The van der Waals surface area contributed by atoms with Crippen LogP contribution >= 0.6 is 12.2 Å². The Bertz CT molecular complexity index is 494. The van der Waals surface area contributed by atoms with Gasteiger partial charge in [0.15, 0.2) is 0 Å². The molecule has 0 amide bonds. The minimum Gasteiger partial charge on any atom is -0.460 e. The number of rotatable bonds is 13. The first kappa shape index (κ1) is 20.6. The summed E-state index contributed by atoms with van der Waals surface area (Å²) in [6.07, 6.45) is 12.8. The molecule has 2 N–H and O–H groups in total. The molecule has 0 saturated heterocycles. The maximum atomic E-state index is 5.34. The van der Waals surface area contributed by atoms with Crippen molar-refractivity contribution in [1.82, 2.24) is 14.9 Å². The smallest absolute Gasteiger partial charge is 0.133 e. The molecule has 134 valence electrons. The average Bonchev–Trinajstić information content (AvgIpc) is 2.62. The summed E-state index contributed by atoms with van der Waals surface area (Å²) in [5.41, 5.74) is 3.95. The molecule has 6 heteroatoms. The van der Waals surface area contributed by atoms with E-state index in [2.05, 4.69) is 52.7 Å². The third-order valence-electron chi connectivity index (χ3n) is 3.32. The summed E-state index contributed by atoms with van der Waals surface area (Å²) >= 11 is 1.23. The maximum Gasteiger partial charge on any atom is 0.133 e. The summed E-state index contributed by atoms with van der Waals surface area (Å²) in [6.45, 7) is 8.89. The Hall–Kier alpha value is -1.43. The number of ether oxygens (including phenoxy) is 1. The van der Waals surface area contributed by atoms with Gasteiger partial charge in [-0.1, -0.05) is 31.7 Å². The predicted molar refractivity (Wildman–Crippen MR) is 102 cm³/mol. The molecule has 0 aromatic carbocycles. The van der Waals surface area contributed by atoms with Gasteiger partial charge in [-0.15, -0.1) is 0 Å². The van der Waals surface area contributed by atoms with Crippen LogP contribution in [0, 0.1) is 0 Å². The van der Waals surface area contributed by atoms with Crippen molar-refractivity contribution < 1.29 is 8.92 Å². The monoisotopic (exact) mass is 351 g/mol. The normalized spacial score (nSPS) is 14.3. The van der Waals surface area contributed by atoms with Crippen LogP contribution in [0.25, 0.3) is 0 Å². The summed E-state index contributed by atoms with van der Waals surface area (Å²) in [5.74, 6) is 0.924. The molecule has 0 saturated carbocycles. The van der Waals surface area contributed by atoms with E-state index in [-0.39, 0.29) is 0 Å². The van der Waals surface area contributed by atoms with Crippen LogP contribution in [0.3, 0.4) is 0 Å². The maximum absolute atomic E-state index is 5.34. The molecule has 1 aliphatic heterocycles. The van der Waals surface area contributed by atoms with Gasteiger partial charge >= 0.3 is 0 Å². The van der Waals surface area contributed by atoms with E-state index in [0.717, 1.165) is 50.6 Å². The molecule has 1 aliphatic rings. The topological polar surface area (TPSA) is 45.8 Å². The SMILES string of the molecule is CC/C=C(\C=C/CN(CC)CCNCC1=CC=C=CO1)NSOC. The second kappa shape index (κ2) is 14.0. The first-order chi connectivity index (χ1) is 11.8. The molecular weight excluding hydrogens is 322 g/mol. The summed E-state index contributed by atoms with van der Waals surface area (Å²) in [7, 11) is 1.65. The van der Waals surface area contributed by atoms with Crippen LogP contribution in [0.2, 0.25) is 0 Å². The van der Waals surface area contributed by atoms with Crippen molar-refractivity contribution >= 4 is 12.2 Å². The molecule has 24 heavy (non-hydrogen) atoms. The molecule has 5 nitrogen and oxygen atoms in total. The van der Waals surface area contributed by atoms with E-state index in [1.165, 1.54) is 12.2 Å². The van der Waals surface area contributed by atoms with Gasteiger partial charge in [-0.05, 0) is 31.2 Å². The number of allylic oxidation sites excluding steroid dienone is 4. The van der Waals surface area contributed by atoms with Crippen molar-refractivity contribution in [3.8, 4) is 0 Å². The lowest BCUT2D eigenvalue weighted by Crippen LogP contribution is -2.33. The minimum atomic E-state index is 0.740. The third kappa shape index (κ3) is 9.65. The Balaban J connectivity index is 2.25. The van der Waals surface area contributed by atoms with Gasteiger partial charge in [-0.25, -0.2) is 0 Å². The van der Waals surface area contributed by atoms with Crippen LogP contribution in [0.4, 0.5) is 0 Å². The number of hydrogen-bond acceptors (Lipinski definition) is 6. The zero-order valence-electron chi connectivity index (χ0n) is 14.9. The molecule has 0 aromatic heterocycles. The fourth-order valence-electron chi connectivity index (χ4n) is 2.04. The number of likely N-dealkylation sites (N-methyl/N-ethyl adjacent to an activating group) is 1. The van der Waals surface area contributed by atoms with E-state index < -0.39 is 0 Å². The Morgan fingerprint density at radius 2 is 2.33 bits per heavy atom. The second-order valence-corrected chi connectivity index (χ2v) is 5.80. The Kier molecular flexibility index (Phi) is 12.0. The molecule has 0 aromatic rings. The summed E-state index contributed by atoms with van der Waals surface area (Å²) < 4.78 is 13.5. The van der Waals surface area contributed by atoms with Gasteiger partial charge in [-0.2, -0.15) is 0 Å². The minimum absolute atomic E-state index is 0.740. The first-order valence-corrected chi connectivity index (χ1v) is 9.06. The number of nitrogens with zero attached hydrogens (tertiary/aromatic N) is 1. The summed E-state index contributed by atoms with van der Waals surface area (Å²) in [5, 5.41) is 3.40. The van der Waals surface area contributed by atoms with E-state index in [9.17, 15) is 0 Å². The predicted octanol–water partition coefficient (Wildman–Crippen LogP) is 3.13. The molecule has 1 rings (SSSR count). The van der Waals surface area contributed by atoms with Crippen molar-refractivity contribution in [2.75, 3.05) is 39.8 Å². The van der Waals surface area contributed by atoms with Gasteiger partial charge in [0.05, 0.1) is 13.7 Å². The fourth-order valence-corrected chi connectivity index (χ4v) is 2.37. The largest absolute Gasteiger partial charge is 0.460 e. The van der Waals surface area contributed by atoms with Crippen molar-refractivity contribution in [2.45, 2.75) is 20.3 Å². The Morgan fingerprint density at radius 1 is 1.46 bits per heavy atom. The van der Waals surface area contributed by atoms with Gasteiger partial charge in [-0.3, -0.25) is 4.90 Å². The molecule has 0 radical (unpaired) electrons. The molecular formula is C18H29N3O2S. The fraction of sp³-hybridized carbons (Fsp3) is 0.500.